The van der Waals surface area contributed by atoms with Crippen molar-refractivity contribution in [3.63, 3.8) is 0 Å². The van der Waals surface area contributed by atoms with Crippen molar-refractivity contribution in [1.82, 2.24) is 0 Å². The van der Waals surface area contributed by atoms with Gasteiger partial charge in [0, 0.05) is 31.6 Å². The van der Waals surface area contributed by atoms with Crippen LogP contribution in [0.15, 0.2) is 0 Å². The summed E-state index contributed by atoms with van der Waals surface area (Å²) in [6.07, 6.45) is 5.56. The number of Topliss-reactive ketones (excluding diaryl/α,β-unsaturated/α-hetero) is 1. The van der Waals surface area contributed by atoms with Gasteiger partial charge in [-0.2, -0.15) is 0 Å². The van der Waals surface area contributed by atoms with Crippen LogP contribution in [0.2, 0.25) is 0 Å². The first kappa shape index (κ1) is 29.5. The second kappa shape index (κ2) is 11.2. The summed E-state index contributed by atoms with van der Waals surface area (Å²) in [4.78, 5) is 50.0. The van der Waals surface area contributed by atoms with Crippen LogP contribution in [0.5, 0.6) is 0 Å². The van der Waals surface area contributed by atoms with Crippen molar-refractivity contribution in [2.45, 2.75) is 110 Å². The number of hydrogen-bond donors (Lipinski definition) is 0. The molecule has 8 heteroatoms. The summed E-state index contributed by atoms with van der Waals surface area (Å²) < 4.78 is 16.9. The Morgan fingerprint density at radius 3 is 2.32 bits per heavy atom. The van der Waals surface area contributed by atoms with Crippen LogP contribution >= 0.6 is 15.9 Å². The summed E-state index contributed by atoms with van der Waals surface area (Å²) in [5.74, 6) is 0.235. The van der Waals surface area contributed by atoms with E-state index < -0.39 is 0 Å². The number of carbonyl (C=O) groups is 4. The second-order valence-corrected chi connectivity index (χ2v) is 13.9. The third kappa shape index (κ3) is 5.08. The van der Waals surface area contributed by atoms with Gasteiger partial charge < -0.3 is 14.2 Å². The van der Waals surface area contributed by atoms with E-state index in [0.717, 1.165) is 32.1 Å². The van der Waals surface area contributed by atoms with E-state index >= 15 is 0 Å². The molecule has 0 aromatic carbocycles. The van der Waals surface area contributed by atoms with Crippen molar-refractivity contribution >= 4 is 39.6 Å². The number of fused-ring (bicyclic) bond motifs is 5. The molecule has 4 aliphatic carbocycles. The Balaban J connectivity index is 1.64. The maximum absolute atomic E-state index is 14.1. The van der Waals surface area contributed by atoms with E-state index in [9.17, 15) is 19.2 Å². The summed E-state index contributed by atoms with van der Waals surface area (Å²) in [5, 5.41) is 0. The van der Waals surface area contributed by atoms with Gasteiger partial charge in [-0.05, 0) is 86.9 Å². The largest absolute Gasteiger partial charge is 0.466 e. The van der Waals surface area contributed by atoms with E-state index in [2.05, 4.69) is 36.7 Å². The van der Waals surface area contributed by atoms with E-state index in [0.29, 0.717) is 25.9 Å². The minimum atomic E-state index is -0.332. The Bertz CT molecular complexity index is 951. The molecule has 0 saturated heterocycles. The van der Waals surface area contributed by atoms with Crippen LogP contribution in [-0.2, 0) is 33.4 Å². The number of alkyl halides is 1. The van der Waals surface area contributed by atoms with Crippen LogP contribution in [0, 0.1) is 46.3 Å². The van der Waals surface area contributed by atoms with Gasteiger partial charge in [-0.25, -0.2) is 0 Å². The third-order valence-corrected chi connectivity index (χ3v) is 12.1. The zero-order chi connectivity index (χ0) is 28.0. The molecular weight excluding hydrogens is 552 g/mol. The Hall–Kier alpha value is -1.44. The lowest BCUT2D eigenvalue weighted by Crippen LogP contribution is -2.64. The first-order chi connectivity index (χ1) is 17.8. The number of ether oxygens (including phenoxy) is 3. The summed E-state index contributed by atoms with van der Waals surface area (Å²) >= 11 is 3.83. The molecule has 38 heavy (non-hydrogen) atoms. The molecule has 4 rings (SSSR count). The smallest absolute Gasteiger partial charge is 0.305 e. The lowest BCUT2D eigenvalue weighted by molar-refractivity contribution is -0.196. The van der Waals surface area contributed by atoms with Crippen LogP contribution < -0.4 is 0 Å². The normalized spacial score (nSPS) is 42.8. The number of carbonyl (C=O) groups excluding carboxylic acids is 4. The molecule has 0 aromatic rings. The minimum Gasteiger partial charge on any atom is -0.466 e. The highest BCUT2D eigenvalue weighted by Gasteiger charge is 2.68. The van der Waals surface area contributed by atoms with Crippen molar-refractivity contribution < 1.29 is 33.4 Å². The molecule has 0 aliphatic heterocycles. The van der Waals surface area contributed by atoms with Gasteiger partial charge in [0.15, 0.2) is 0 Å². The highest BCUT2D eigenvalue weighted by atomic mass is 79.9. The quantitative estimate of drug-likeness (QED) is 0.213. The van der Waals surface area contributed by atoms with Crippen molar-refractivity contribution in [3.05, 3.63) is 0 Å². The predicted molar refractivity (Wildman–Crippen MR) is 145 cm³/mol. The predicted octanol–water partition coefficient (Wildman–Crippen LogP) is 5.65. The maximum atomic E-state index is 14.1. The standard InChI is InChI=1S/C30H45BrO7/c1-7-36-25(34)11-8-16(2)20-9-10-21-26-22(15-24(30(20,21)6)38-18(4)33)29(5)13-12-19(37-17(3)32)14-23(29)27(31)28(26)35/h16,19-24,26-27H,7-15H2,1-6H3/t16-,19+,20+,21+,22+,23-,24-,26-,27-,29+,30+/m0/s1. The maximum Gasteiger partial charge on any atom is 0.305 e. The van der Waals surface area contributed by atoms with E-state index in [-0.39, 0.29) is 87.1 Å². The third-order valence-electron chi connectivity index (χ3n) is 11.0. The molecule has 7 nitrogen and oxygen atoms in total. The molecule has 4 saturated carbocycles. The van der Waals surface area contributed by atoms with Crippen molar-refractivity contribution in [2.24, 2.45) is 46.3 Å². The molecule has 4 aliphatic rings. The zero-order valence-electron chi connectivity index (χ0n) is 23.8. The van der Waals surface area contributed by atoms with E-state index in [1.807, 2.05) is 6.92 Å². The van der Waals surface area contributed by atoms with Gasteiger partial charge in [0.2, 0.25) is 0 Å². The van der Waals surface area contributed by atoms with Crippen LogP contribution in [0.3, 0.4) is 0 Å². The van der Waals surface area contributed by atoms with E-state index in [4.69, 9.17) is 14.2 Å². The number of esters is 3. The van der Waals surface area contributed by atoms with Gasteiger partial charge in [0.25, 0.3) is 0 Å². The molecule has 4 fully saturated rings. The number of ketones is 1. The van der Waals surface area contributed by atoms with Gasteiger partial charge in [-0.1, -0.05) is 36.7 Å². The molecule has 0 aromatic heterocycles. The molecule has 0 heterocycles. The molecule has 0 amide bonds. The summed E-state index contributed by atoms with van der Waals surface area (Å²) in [6.45, 7) is 11.9. The fraction of sp³-hybridized carbons (Fsp3) is 0.867. The lowest BCUT2D eigenvalue weighted by atomic mass is 9.43. The first-order valence-corrected chi connectivity index (χ1v) is 15.4. The van der Waals surface area contributed by atoms with Crippen molar-refractivity contribution in [2.75, 3.05) is 6.61 Å². The topological polar surface area (TPSA) is 96.0 Å². The monoisotopic (exact) mass is 596 g/mol. The van der Waals surface area contributed by atoms with Gasteiger partial charge >= 0.3 is 17.9 Å². The molecule has 0 bridgehead atoms. The zero-order valence-corrected chi connectivity index (χ0v) is 25.4. The SMILES string of the molecule is CCOC(=O)CC[C@H](C)[C@H]1CC[C@@H]2[C@@H]3C(=O)[C@@H](Br)[C@@H]4C[C@H](OC(C)=O)CC[C@]4(C)[C@@H]3C[C@H](OC(C)=O)[C@@]21C. The first-order valence-electron chi connectivity index (χ1n) is 14.5. The Morgan fingerprint density at radius 1 is 1.00 bits per heavy atom. The highest BCUT2D eigenvalue weighted by Crippen LogP contribution is 2.68. The van der Waals surface area contributed by atoms with Crippen LogP contribution in [0.4, 0.5) is 0 Å². The highest BCUT2D eigenvalue weighted by molar-refractivity contribution is 9.10. The Morgan fingerprint density at radius 2 is 1.68 bits per heavy atom. The number of rotatable bonds is 7. The molecule has 11 atom stereocenters. The summed E-state index contributed by atoms with van der Waals surface area (Å²) in [7, 11) is 0. The molecule has 0 spiro atoms. The fourth-order valence-electron chi connectivity index (χ4n) is 9.31. The second-order valence-electron chi connectivity index (χ2n) is 12.9. The molecular formula is C30H45BrO7. The Labute approximate surface area is 235 Å². The number of hydrogen-bond acceptors (Lipinski definition) is 7. The average molecular weight is 598 g/mol. The average Bonchev–Trinajstić information content (AvgIpc) is 3.20. The molecule has 0 N–H and O–H groups in total. The van der Waals surface area contributed by atoms with Gasteiger partial charge in [-0.15, -0.1) is 0 Å². The lowest BCUT2D eigenvalue weighted by Gasteiger charge is -2.63. The summed E-state index contributed by atoms with van der Waals surface area (Å²) in [6, 6.07) is 0. The molecule has 0 unspecified atom stereocenters. The van der Waals surface area contributed by atoms with Crippen molar-refractivity contribution in [3.8, 4) is 0 Å². The van der Waals surface area contributed by atoms with Crippen LogP contribution in [0.1, 0.15) is 92.9 Å². The molecule has 214 valence electrons. The van der Waals surface area contributed by atoms with E-state index in [1.54, 1.807) is 0 Å². The van der Waals surface area contributed by atoms with Gasteiger partial charge in [0.1, 0.15) is 18.0 Å². The Kier molecular flexibility index (Phi) is 8.71. The van der Waals surface area contributed by atoms with Crippen LogP contribution in [0.25, 0.3) is 0 Å². The summed E-state index contributed by atoms with van der Waals surface area (Å²) in [5.41, 5.74) is -0.446. The molecule has 0 radical (unpaired) electrons. The van der Waals surface area contributed by atoms with Crippen molar-refractivity contribution in [1.29, 1.82) is 0 Å². The fourth-order valence-corrected chi connectivity index (χ4v) is 10.4. The van der Waals surface area contributed by atoms with Gasteiger partial charge in [-0.3, -0.25) is 19.2 Å². The van der Waals surface area contributed by atoms with E-state index in [1.165, 1.54) is 13.8 Å². The van der Waals surface area contributed by atoms with Gasteiger partial charge in [0.05, 0.1) is 11.4 Å². The minimum absolute atomic E-state index is 0.0670. The number of halogens is 1. The van der Waals surface area contributed by atoms with Crippen LogP contribution in [-0.4, -0.2) is 47.3 Å².